The van der Waals surface area contributed by atoms with E-state index in [1.54, 1.807) is 12.1 Å². The Labute approximate surface area is 95.1 Å². The van der Waals surface area contributed by atoms with Crippen LogP contribution in [0.2, 0.25) is 0 Å². The van der Waals surface area contributed by atoms with Crippen molar-refractivity contribution < 1.29 is 14.2 Å². The first-order valence-corrected chi connectivity index (χ1v) is 5.54. The first-order valence-electron chi connectivity index (χ1n) is 5.54. The largest absolute Gasteiger partial charge is 0.385 e. The van der Waals surface area contributed by atoms with Crippen molar-refractivity contribution in [2.24, 2.45) is 0 Å². The molecule has 2 rings (SSSR count). The summed E-state index contributed by atoms with van der Waals surface area (Å²) >= 11 is 0. The Morgan fingerprint density at radius 3 is 2.44 bits per heavy atom. The smallest absolute Gasteiger partial charge is 0.123 e. The van der Waals surface area contributed by atoms with E-state index in [0.717, 1.165) is 5.56 Å². The summed E-state index contributed by atoms with van der Waals surface area (Å²) in [5, 5.41) is 10.6. The van der Waals surface area contributed by atoms with Crippen LogP contribution in [-0.2, 0) is 10.3 Å². The molecule has 1 aliphatic rings. The van der Waals surface area contributed by atoms with Gasteiger partial charge in [0.05, 0.1) is 17.8 Å². The summed E-state index contributed by atoms with van der Waals surface area (Å²) in [6.45, 7) is 4.45. The number of hydrogen-bond donors (Lipinski definition) is 1. The van der Waals surface area contributed by atoms with Gasteiger partial charge in [0.25, 0.3) is 0 Å². The highest BCUT2D eigenvalue weighted by Crippen LogP contribution is 2.39. The Morgan fingerprint density at radius 1 is 1.25 bits per heavy atom. The topological polar surface area (TPSA) is 29.5 Å². The third kappa shape index (κ3) is 2.25. The van der Waals surface area contributed by atoms with Crippen LogP contribution in [0.4, 0.5) is 4.39 Å². The molecule has 1 aromatic carbocycles. The molecule has 0 amide bonds. The second kappa shape index (κ2) is 3.82. The predicted octanol–water partition coefficient (Wildman–Crippen LogP) is 2.60. The van der Waals surface area contributed by atoms with Crippen LogP contribution >= 0.6 is 0 Å². The van der Waals surface area contributed by atoms with Gasteiger partial charge in [0.1, 0.15) is 5.82 Å². The van der Waals surface area contributed by atoms with Crippen molar-refractivity contribution in [2.45, 2.75) is 37.9 Å². The molecular formula is C13H17FO2. The van der Waals surface area contributed by atoms with Gasteiger partial charge in [-0.3, -0.25) is 0 Å². The van der Waals surface area contributed by atoms with E-state index in [1.807, 2.05) is 13.8 Å². The minimum Gasteiger partial charge on any atom is -0.385 e. The summed E-state index contributed by atoms with van der Waals surface area (Å²) in [6.07, 6.45) is 1.09. The van der Waals surface area contributed by atoms with Crippen LogP contribution in [0.25, 0.3) is 0 Å². The molecule has 0 aromatic heterocycles. The first kappa shape index (κ1) is 11.6. The lowest BCUT2D eigenvalue weighted by atomic mass is 9.79. The molecule has 16 heavy (non-hydrogen) atoms. The van der Waals surface area contributed by atoms with Crippen LogP contribution in [0.1, 0.15) is 32.3 Å². The molecule has 1 atom stereocenters. The van der Waals surface area contributed by atoms with Gasteiger partial charge in [-0.15, -0.1) is 0 Å². The molecule has 0 spiro atoms. The van der Waals surface area contributed by atoms with Crippen molar-refractivity contribution in [3.8, 4) is 0 Å². The molecule has 1 N–H and O–H groups in total. The molecule has 0 saturated carbocycles. The minimum atomic E-state index is -0.893. The third-order valence-electron chi connectivity index (χ3n) is 3.11. The van der Waals surface area contributed by atoms with Crippen molar-refractivity contribution in [1.29, 1.82) is 0 Å². The van der Waals surface area contributed by atoms with Crippen molar-refractivity contribution in [3.63, 3.8) is 0 Å². The molecule has 88 valence electrons. The number of benzene rings is 1. The zero-order valence-electron chi connectivity index (χ0n) is 9.66. The van der Waals surface area contributed by atoms with Gasteiger partial charge in [0, 0.05) is 12.8 Å². The fourth-order valence-electron chi connectivity index (χ4n) is 2.35. The highest BCUT2D eigenvalue weighted by molar-refractivity contribution is 5.24. The Kier molecular flexibility index (Phi) is 2.76. The zero-order chi connectivity index (χ0) is 11.8. The molecule has 3 heteroatoms. The molecule has 1 aliphatic heterocycles. The second-order valence-electron chi connectivity index (χ2n) is 5.07. The molecule has 0 aliphatic carbocycles. The van der Waals surface area contributed by atoms with Gasteiger partial charge in [-0.2, -0.15) is 0 Å². The maximum Gasteiger partial charge on any atom is 0.123 e. The fourth-order valence-corrected chi connectivity index (χ4v) is 2.35. The van der Waals surface area contributed by atoms with Crippen molar-refractivity contribution >= 4 is 0 Å². The standard InChI is InChI=1S/C13H17FO2/c1-12(2)9-13(15,7-8-16-12)10-3-5-11(14)6-4-10/h3-6,15H,7-9H2,1-2H3. The Hall–Kier alpha value is -0.930. The van der Waals surface area contributed by atoms with E-state index in [9.17, 15) is 9.50 Å². The van der Waals surface area contributed by atoms with Crippen LogP contribution < -0.4 is 0 Å². The van der Waals surface area contributed by atoms with E-state index < -0.39 is 5.60 Å². The SMILES string of the molecule is CC1(C)CC(O)(c2ccc(F)cc2)CCO1. The van der Waals surface area contributed by atoms with Crippen LogP contribution in [0, 0.1) is 5.82 Å². The van der Waals surface area contributed by atoms with E-state index in [2.05, 4.69) is 0 Å². The quantitative estimate of drug-likeness (QED) is 0.794. The monoisotopic (exact) mass is 224 g/mol. The average molecular weight is 224 g/mol. The number of aliphatic hydroxyl groups is 1. The van der Waals surface area contributed by atoms with Crippen LogP contribution in [0.5, 0.6) is 0 Å². The molecule has 1 saturated heterocycles. The fraction of sp³-hybridized carbons (Fsp3) is 0.538. The predicted molar refractivity (Wildman–Crippen MR) is 59.6 cm³/mol. The highest BCUT2D eigenvalue weighted by Gasteiger charge is 2.40. The normalized spacial score (nSPS) is 29.0. The third-order valence-corrected chi connectivity index (χ3v) is 3.11. The maximum absolute atomic E-state index is 12.8. The van der Waals surface area contributed by atoms with Gasteiger partial charge in [0.15, 0.2) is 0 Å². The van der Waals surface area contributed by atoms with Gasteiger partial charge in [-0.05, 0) is 31.5 Å². The van der Waals surface area contributed by atoms with E-state index in [0.29, 0.717) is 19.4 Å². The number of ether oxygens (including phenoxy) is 1. The van der Waals surface area contributed by atoms with Crippen LogP contribution in [0.3, 0.4) is 0 Å². The van der Waals surface area contributed by atoms with Crippen molar-refractivity contribution in [2.75, 3.05) is 6.61 Å². The summed E-state index contributed by atoms with van der Waals surface area (Å²) in [4.78, 5) is 0. The van der Waals surface area contributed by atoms with Gasteiger partial charge >= 0.3 is 0 Å². The summed E-state index contributed by atoms with van der Waals surface area (Å²) in [5.74, 6) is -0.279. The van der Waals surface area contributed by atoms with Gasteiger partial charge in [-0.25, -0.2) is 4.39 Å². The summed E-state index contributed by atoms with van der Waals surface area (Å²) in [5.41, 5.74) is -0.457. The molecule has 0 radical (unpaired) electrons. The lowest BCUT2D eigenvalue weighted by molar-refractivity contribution is -0.148. The first-order chi connectivity index (χ1) is 7.41. The summed E-state index contributed by atoms with van der Waals surface area (Å²) in [7, 11) is 0. The van der Waals surface area contributed by atoms with E-state index in [1.165, 1.54) is 12.1 Å². The van der Waals surface area contributed by atoms with E-state index >= 15 is 0 Å². The van der Waals surface area contributed by atoms with Gasteiger partial charge < -0.3 is 9.84 Å². The molecule has 2 nitrogen and oxygen atoms in total. The minimum absolute atomic E-state index is 0.279. The molecule has 1 fully saturated rings. The van der Waals surface area contributed by atoms with Gasteiger partial charge in [-0.1, -0.05) is 12.1 Å². The average Bonchev–Trinajstić information content (AvgIpc) is 2.16. The highest BCUT2D eigenvalue weighted by atomic mass is 19.1. The molecular weight excluding hydrogens is 207 g/mol. The zero-order valence-corrected chi connectivity index (χ0v) is 9.66. The van der Waals surface area contributed by atoms with Crippen molar-refractivity contribution in [3.05, 3.63) is 35.6 Å². The Balaban J connectivity index is 2.27. The molecule has 1 unspecified atom stereocenters. The summed E-state index contributed by atoms with van der Waals surface area (Å²) < 4.78 is 18.4. The molecule has 0 bridgehead atoms. The van der Waals surface area contributed by atoms with E-state index in [-0.39, 0.29) is 11.4 Å². The second-order valence-corrected chi connectivity index (χ2v) is 5.07. The van der Waals surface area contributed by atoms with Gasteiger partial charge in [0.2, 0.25) is 0 Å². The summed E-state index contributed by atoms with van der Waals surface area (Å²) in [6, 6.07) is 6.07. The lowest BCUT2D eigenvalue weighted by Gasteiger charge is -2.41. The number of rotatable bonds is 1. The van der Waals surface area contributed by atoms with E-state index in [4.69, 9.17) is 4.74 Å². The lowest BCUT2D eigenvalue weighted by Crippen LogP contribution is -2.43. The number of halogens is 1. The van der Waals surface area contributed by atoms with Crippen LogP contribution in [-0.4, -0.2) is 17.3 Å². The van der Waals surface area contributed by atoms with Crippen molar-refractivity contribution in [1.82, 2.24) is 0 Å². The number of hydrogen-bond acceptors (Lipinski definition) is 2. The Bertz CT molecular complexity index is 372. The molecule has 1 heterocycles. The Morgan fingerprint density at radius 2 is 1.88 bits per heavy atom. The molecule has 1 aromatic rings. The maximum atomic E-state index is 12.8. The van der Waals surface area contributed by atoms with Crippen LogP contribution in [0.15, 0.2) is 24.3 Å².